The summed E-state index contributed by atoms with van der Waals surface area (Å²) in [6.45, 7) is 0. The molecular formula is C6H9BN2O3. The Morgan fingerprint density at radius 3 is 2.50 bits per heavy atom. The highest BCUT2D eigenvalue weighted by Gasteiger charge is 2.12. The van der Waals surface area contributed by atoms with Gasteiger partial charge in [-0.3, -0.25) is 5.84 Å². The van der Waals surface area contributed by atoms with E-state index >= 15 is 0 Å². The number of anilines is 1. The Balaban J connectivity index is 3.05. The molecule has 0 aliphatic rings. The van der Waals surface area contributed by atoms with Gasteiger partial charge in [-0.2, -0.15) is 0 Å². The lowest BCUT2D eigenvalue weighted by atomic mass is 9.80. The largest absolute Gasteiger partial charge is 0.506 e. The molecule has 64 valence electrons. The molecule has 0 fully saturated rings. The quantitative estimate of drug-likeness (QED) is 0.158. The Labute approximate surface area is 69.6 Å². The van der Waals surface area contributed by atoms with E-state index in [2.05, 4.69) is 5.43 Å². The van der Waals surface area contributed by atoms with E-state index in [0.717, 1.165) is 0 Å². The number of nitrogens with one attached hydrogen (secondary N) is 1. The number of hydrogen-bond acceptors (Lipinski definition) is 5. The molecule has 1 rings (SSSR count). The van der Waals surface area contributed by atoms with Crippen LogP contribution in [0, 0.1) is 0 Å². The Morgan fingerprint density at radius 2 is 2.00 bits per heavy atom. The average molecular weight is 168 g/mol. The van der Waals surface area contributed by atoms with E-state index in [9.17, 15) is 0 Å². The second-order valence-corrected chi connectivity index (χ2v) is 2.29. The second kappa shape index (κ2) is 3.44. The number of nitrogen functional groups attached to an aromatic ring is 1. The first-order valence-electron chi connectivity index (χ1n) is 3.31. The third-order valence-corrected chi connectivity index (χ3v) is 1.47. The van der Waals surface area contributed by atoms with Crippen molar-refractivity contribution in [3.05, 3.63) is 18.2 Å². The molecule has 0 radical (unpaired) electrons. The summed E-state index contributed by atoms with van der Waals surface area (Å²) in [5.41, 5.74) is 2.73. The summed E-state index contributed by atoms with van der Waals surface area (Å²) in [6.07, 6.45) is 0. The minimum atomic E-state index is -1.56. The summed E-state index contributed by atoms with van der Waals surface area (Å²) in [6, 6.07) is 4.06. The highest BCUT2D eigenvalue weighted by atomic mass is 16.4. The van der Waals surface area contributed by atoms with Crippen LogP contribution < -0.4 is 16.7 Å². The fourth-order valence-corrected chi connectivity index (χ4v) is 0.830. The standard InChI is InChI=1S/C6H9BN2O3/c8-9-5-3-4(7(11)12)1-2-6(5)10/h1-3,9-12H,8H2. The third kappa shape index (κ3) is 1.67. The van der Waals surface area contributed by atoms with Gasteiger partial charge in [0.15, 0.2) is 0 Å². The van der Waals surface area contributed by atoms with Crippen LogP contribution in [0.3, 0.4) is 0 Å². The molecule has 5 nitrogen and oxygen atoms in total. The van der Waals surface area contributed by atoms with Crippen molar-refractivity contribution >= 4 is 18.3 Å². The molecule has 0 spiro atoms. The molecule has 12 heavy (non-hydrogen) atoms. The summed E-state index contributed by atoms with van der Waals surface area (Å²) in [5, 5.41) is 26.6. The number of nitrogens with two attached hydrogens (primary N) is 1. The van der Waals surface area contributed by atoms with E-state index < -0.39 is 7.12 Å². The number of phenolic OH excluding ortho intramolecular Hbond substituents is 1. The van der Waals surface area contributed by atoms with Gasteiger partial charge in [-0.1, -0.05) is 6.07 Å². The van der Waals surface area contributed by atoms with Crippen molar-refractivity contribution in [2.24, 2.45) is 5.84 Å². The molecule has 0 amide bonds. The van der Waals surface area contributed by atoms with Crippen molar-refractivity contribution in [2.45, 2.75) is 0 Å². The monoisotopic (exact) mass is 168 g/mol. The molecule has 0 heterocycles. The zero-order valence-corrected chi connectivity index (χ0v) is 6.23. The lowest BCUT2D eigenvalue weighted by molar-refractivity contribution is 0.425. The summed E-state index contributed by atoms with van der Waals surface area (Å²) in [5.74, 6) is 5.01. The van der Waals surface area contributed by atoms with Gasteiger partial charge < -0.3 is 20.6 Å². The highest BCUT2D eigenvalue weighted by molar-refractivity contribution is 6.58. The van der Waals surface area contributed by atoms with Crippen LogP contribution >= 0.6 is 0 Å². The molecule has 0 aliphatic heterocycles. The first-order chi connectivity index (χ1) is 5.65. The lowest BCUT2D eigenvalue weighted by Gasteiger charge is -2.05. The van der Waals surface area contributed by atoms with E-state index in [0.29, 0.717) is 0 Å². The van der Waals surface area contributed by atoms with Crippen molar-refractivity contribution in [3.8, 4) is 5.75 Å². The fourth-order valence-electron chi connectivity index (χ4n) is 0.830. The molecule has 0 bridgehead atoms. The van der Waals surface area contributed by atoms with Crippen LogP contribution in [0.1, 0.15) is 0 Å². The summed E-state index contributed by atoms with van der Waals surface area (Å²) in [7, 11) is -1.56. The van der Waals surface area contributed by atoms with Crippen molar-refractivity contribution in [3.63, 3.8) is 0 Å². The number of benzene rings is 1. The summed E-state index contributed by atoms with van der Waals surface area (Å²) in [4.78, 5) is 0. The zero-order chi connectivity index (χ0) is 9.14. The maximum Gasteiger partial charge on any atom is 0.488 e. The van der Waals surface area contributed by atoms with Crippen LogP contribution in [0.4, 0.5) is 5.69 Å². The molecule has 0 atom stereocenters. The number of rotatable bonds is 2. The number of aromatic hydroxyl groups is 1. The Kier molecular flexibility index (Phi) is 2.54. The van der Waals surface area contributed by atoms with Gasteiger partial charge in [0.25, 0.3) is 0 Å². The SMILES string of the molecule is NNc1cc(B(O)O)ccc1O. The molecule has 0 unspecified atom stereocenters. The first kappa shape index (κ1) is 8.86. The van der Waals surface area contributed by atoms with E-state index in [1.54, 1.807) is 0 Å². The Hall–Kier alpha value is -1.24. The fraction of sp³-hybridized carbons (Fsp3) is 0. The van der Waals surface area contributed by atoms with Crippen LogP contribution in [0.15, 0.2) is 18.2 Å². The maximum absolute atomic E-state index is 9.11. The van der Waals surface area contributed by atoms with Crippen molar-refractivity contribution in [1.29, 1.82) is 0 Å². The van der Waals surface area contributed by atoms with Crippen LogP contribution in [-0.4, -0.2) is 22.3 Å². The van der Waals surface area contributed by atoms with Gasteiger partial charge in [0.1, 0.15) is 5.75 Å². The maximum atomic E-state index is 9.11. The first-order valence-corrected chi connectivity index (χ1v) is 3.31. The molecule has 0 aliphatic carbocycles. The molecule has 1 aromatic rings. The van der Waals surface area contributed by atoms with Gasteiger partial charge in [-0.25, -0.2) is 0 Å². The Bertz CT molecular complexity index is 279. The van der Waals surface area contributed by atoms with Crippen molar-refractivity contribution in [2.75, 3.05) is 5.43 Å². The zero-order valence-electron chi connectivity index (χ0n) is 6.23. The topological polar surface area (TPSA) is 98.7 Å². The molecule has 0 aromatic heterocycles. The van der Waals surface area contributed by atoms with Gasteiger partial charge in [-0.05, 0) is 17.6 Å². The van der Waals surface area contributed by atoms with E-state index in [4.69, 9.17) is 21.0 Å². The molecule has 6 heteroatoms. The van der Waals surface area contributed by atoms with Crippen LogP contribution in [-0.2, 0) is 0 Å². The van der Waals surface area contributed by atoms with Gasteiger partial charge in [0.05, 0.1) is 5.69 Å². The van der Waals surface area contributed by atoms with Crippen molar-refractivity contribution in [1.82, 2.24) is 0 Å². The smallest absolute Gasteiger partial charge is 0.488 e. The molecule has 0 saturated carbocycles. The van der Waals surface area contributed by atoms with Gasteiger partial charge >= 0.3 is 7.12 Å². The summed E-state index contributed by atoms with van der Waals surface area (Å²) < 4.78 is 0. The predicted octanol–water partition coefficient (Wildman–Crippen LogP) is -1.64. The minimum Gasteiger partial charge on any atom is -0.506 e. The number of hydrazine groups is 1. The van der Waals surface area contributed by atoms with Gasteiger partial charge in [-0.15, -0.1) is 0 Å². The van der Waals surface area contributed by atoms with Gasteiger partial charge in [0, 0.05) is 0 Å². The molecule has 6 N–H and O–H groups in total. The summed E-state index contributed by atoms with van der Waals surface area (Å²) >= 11 is 0. The average Bonchev–Trinajstić information content (AvgIpc) is 2.05. The Morgan fingerprint density at radius 1 is 1.33 bits per heavy atom. The third-order valence-electron chi connectivity index (χ3n) is 1.47. The van der Waals surface area contributed by atoms with Crippen LogP contribution in [0.25, 0.3) is 0 Å². The van der Waals surface area contributed by atoms with Gasteiger partial charge in [0.2, 0.25) is 0 Å². The van der Waals surface area contributed by atoms with Crippen LogP contribution in [0.2, 0.25) is 0 Å². The minimum absolute atomic E-state index is 0.0399. The lowest BCUT2D eigenvalue weighted by Crippen LogP contribution is -2.30. The van der Waals surface area contributed by atoms with E-state index in [1.807, 2.05) is 0 Å². The number of hydrogen-bond donors (Lipinski definition) is 5. The number of phenols is 1. The van der Waals surface area contributed by atoms with Crippen molar-refractivity contribution < 1.29 is 15.2 Å². The molecule has 0 saturated heterocycles. The second-order valence-electron chi connectivity index (χ2n) is 2.29. The van der Waals surface area contributed by atoms with E-state index in [1.165, 1.54) is 18.2 Å². The normalized spacial score (nSPS) is 9.58. The van der Waals surface area contributed by atoms with E-state index in [-0.39, 0.29) is 16.9 Å². The van der Waals surface area contributed by atoms with Crippen LogP contribution in [0.5, 0.6) is 5.75 Å². The highest BCUT2D eigenvalue weighted by Crippen LogP contribution is 2.18. The molecular weight excluding hydrogens is 159 g/mol. The predicted molar refractivity (Wildman–Crippen MR) is 45.7 cm³/mol. The molecule has 1 aromatic carbocycles.